The van der Waals surface area contributed by atoms with Crippen LogP contribution in [0.3, 0.4) is 0 Å². The van der Waals surface area contributed by atoms with Crippen LogP contribution in [0.5, 0.6) is 23.3 Å². The van der Waals surface area contributed by atoms with Crippen molar-refractivity contribution < 1.29 is 106 Å². The zero-order chi connectivity index (χ0) is 61.7. The fourth-order valence-electron chi connectivity index (χ4n) is 6.63. The zero-order valence-electron chi connectivity index (χ0n) is 46.0. The number of ether oxygens (including phenoxy) is 6. The molecule has 0 spiro atoms. The van der Waals surface area contributed by atoms with Crippen LogP contribution in [0.1, 0.15) is 54.4 Å². The van der Waals surface area contributed by atoms with E-state index >= 15 is 0 Å². The molecule has 0 amide bonds. The quantitative estimate of drug-likeness (QED) is 0.0123. The van der Waals surface area contributed by atoms with Crippen LogP contribution < -0.4 is 30.0 Å². The highest BCUT2D eigenvalue weighted by Gasteiger charge is 2.38. The number of hydrogen-bond acceptors (Lipinski definition) is 26. The molecule has 7 rings (SSSR count). The first kappa shape index (κ1) is 68.1. The Morgan fingerprint density at radius 1 is 0.726 bits per heavy atom. The summed E-state index contributed by atoms with van der Waals surface area (Å²) in [7, 11) is -8.72. The van der Waals surface area contributed by atoms with Crippen LogP contribution >= 0.6 is 27.2 Å². The Balaban J connectivity index is 0.000000237. The number of carbonyl (C=O) groups is 2. The Labute approximate surface area is 481 Å². The van der Waals surface area contributed by atoms with Gasteiger partial charge in [-0.1, -0.05) is 25.4 Å². The van der Waals surface area contributed by atoms with Crippen LogP contribution in [0.15, 0.2) is 36.9 Å². The molecule has 0 radical (unpaired) electrons. The van der Waals surface area contributed by atoms with E-state index in [4.69, 9.17) is 84.3 Å². The van der Waals surface area contributed by atoms with Crippen molar-refractivity contribution >= 4 is 73.4 Å². The summed E-state index contributed by atoms with van der Waals surface area (Å²) in [4.78, 5) is 48.0. The number of aromatic nitrogens is 8. The number of nitrogen functional groups attached to an aromatic ring is 2. The van der Waals surface area contributed by atoms with E-state index < -0.39 is 81.2 Å². The van der Waals surface area contributed by atoms with Gasteiger partial charge in [0.25, 0.3) is 0 Å². The fourth-order valence-corrected chi connectivity index (χ4v) is 9.24. The third-order valence-electron chi connectivity index (χ3n) is 11.0. The number of phosphoric acid groups is 2. The van der Waals surface area contributed by atoms with Gasteiger partial charge >= 0.3 is 27.6 Å². The van der Waals surface area contributed by atoms with Gasteiger partial charge in [-0.2, -0.15) is 28.7 Å². The third kappa shape index (κ3) is 19.2. The molecule has 1 unspecified atom stereocenters. The molecule has 6 N–H and O–H groups in total. The summed E-state index contributed by atoms with van der Waals surface area (Å²) >= 11 is 5.73. The van der Waals surface area contributed by atoms with Crippen molar-refractivity contribution in [2.45, 2.75) is 80.1 Å². The molecule has 5 heterocycles. The smallest absolute Gasteiger partial charge is 0.476 e. The van der Waals surface area contributed by atoms with E-state index in [0.29, 0.717) is 60.3 Å². The molecule has 1 aliphatic heterocycles. The highest BCUT2D eigenvalue weighted by atomic mass is 35.5. The Kier molecular flexibility index (Phi) is 26.4. The number of nitrogens with zero attached hydrogens (tertiary/aromatic N) is 8. The number of rotatable bonds is 28. The van der Waals surface area contributed by atoms with Crippen molar-refractivity contribution in [2.75, 3.05) is 77.5 Å². The average molecular weight is 1260 g/mol. The number of halogens is 6. The van der Waals surface area contributed by atoms with E-state index in [9.17, 15) is 40.7 Å². The minimum Gasteiger partial charge on any atom is -0.476 e. The first-order valence-electron chi connectivity index (χ1n) is 25.5. The molecule has 28 nitrogen and oxygen atoms in total. The first-order valence-corrected chi connectivity index (χ1v) is 28.8. The molecule has 0 bridgehead atoms. The molecule has 2 aromatic carbocycles. The van der Waals surface area contributed by atoms with E-state index in [1.54, 1.807) is 29.9 Å². The monoisotopic (exact) mass is 1260 g/mol. The lowest BCUT2D eigenvalue weighted by Gasteiger charge is -2.28. The van der Waals surface area contributed by atoms with Gasteiger partial charge in [0.05, 0.1) is 90.6 Å². The van der Waals surface area contributed by atoms with Gasteiger partial charge in [0.2, 0.25) is 58.5 Å². The number of hydrogen-bond donors (Lipinski definition) is 4. The largest absolute Gasteiger partial charge is 0.587 e. The number of anilines is 2. The summed E-state index contributed by atoms with van der Waals surface area (Å²) in [6, 6.07) is 5.01. The minimum atomic E-state index is -5.02. The molecule has 1 aliphatic rings. The summed E-state index contributed by atoms with van der Waals surface area (Å²) in [5.41, 5.74) is 13.3. The zero-order valence-corrected chi connectivity index (χ0v) is 48.5. The lowest BCUT2D eigenvalue weighted by Crippen LogP contribution is -2.30. The lowest BCUT2D eigenvalue weighted by atomic mass is 10.1. The molecule has 464 valence electrons. The number of aliphatic hydroxyl groups excluding tert-OH is 2. The van der Waals surface area contributed by atoms with E-state index in [1.807, 2.05) is 13.8 Å². The van der Waals surface area contributed by atoms with E-state index in [-0.39, 0.29) is 94.1 Å². The molecule has 84 heavy (non-hydrogen) atoms. The summed E-state index contributed by atoms with van der Waals surface area (Å²) in [6.07, 6.45) is 2.14. The number of esters is 2. The van der Waals surface area contributed by atoms with Crippen LogP contribution in [-0.2, 0) is 69.2 Å². The van der Waals surface area contributed by atoms with Gasteiger partial charge in [-0.05, 0) is 64.8 Å². The highest BCUT2D eigenvalue weighted by Crippen LogP contribution is 2.53. The predicted octanol–water partition coefficient (Wildman–Crippen LogP) is 7.25. The molecule has 1 fully saturated rings. The van der Waals surface area contributed by atoms with Crippen molar-refractivity contribution in [3.63, 3.8) is 0 Å². The molecule has 4 aromatic heterocycles. The molecule has 3 atom stereocenters. The van der Waals surface area contributed by atoms with Crippen molar-refractivity contribution in [2.24, 2.45) is 11.8 Å². The van der Waals surface area contributed by atoms with Gasteiger partial charge in [0, 0.05) is 5.02 Å². The van der Waals surface area contributed by atoms with Gasteiger partial charge in [-0.3, -0.25) is 36.8 Å². The third-order valence-corrected chi connectivity index (χ3v) is 14.0. The van der Waals surface area contributed by atoms with Crippen LogP contribution in [-0.4, -0.2) is 139 Å². The Morgan fingerprint density at radius 2 is 1.20 bits per heavy atom. The van der Waals surface area contributed by atoms with Crippen LogP contribution in [0.25, 0.3) is 22.3 Å². The molecule has 1 saturated heterocycles. The average Bonchev–Trinajstić information content (AvgIpc) is 2.29. The van der Waals surface area contributed by atoms with Crippen molar-refractivity contribution in [3.8, 4) is 23.3 Å². The number of nitrogens with two attached hydrogens (primary N) is 2. The van der Waals surface area contributed by atoms with Gasteiger partial charge in [-0.25, -0.2) is 32.3 Å². The molecular formula is C48H62ClF5N10O18P2. The summed E-state index contributed by atoms with van der Waals surface area (Å²) < 4.78 is 159. The maximum absolute atomic E-state index is 14.0. The van der Waals surface area contributed by atoms with E-state index in [1.165, 1.54) is 43.8 Å². The van der Waals surface area contributed by atoms with Crippen molar-refractivity contribution in [3.05, 3.63) is 71.0 Å². The Bertz CT molecular complexity index is 3190. The molecule has 36 heteroatoms. The van der Waals surface area contributed by atoms with Gasteiger partial charge in [0.1, 0.15) is 31.4 Å². The van der Waals surface area contributed by atoms with E-state index in [0.717, 1.165) is 0 Å². The van der Waals surface area contributed by atoms with Crippen LogP contribution in [0.4, 0.5) is 33.8 Å². The number of benzene rings is 2. The second-order valence-electron chi connectivity index (χ2n) is 17.2. The van der Waals surface area contributed by atoms with Gasteiger partial charge in [0.15, 0.2) is 22.3 Å². The van der Waals surface area contributed by atoms with E-state index in [2.05, 4.69) is 34.4 Å². The minimum absolute atomic E-state index is 0.0126. The molecular weight excluding hydrogens is 1200 g/mol. The van der Waals surface area contributed by atoms with Crippen molar-refractivity contribution in [1.29, 1.82) is 0 Å². The number of phosphoric ester groups is 2. The Hall–Kier alpha value is -6.64. The lowest BCUT2D eigenvalue weighted by molar-refractivity contribution is -0.148. The number of fused-ring (bicyclic) bond motifs is 2. The summed E-state index contributed by atoms with van der Waals surface area (Å²) in [6.45, 7) is 10.6. The van der Waals surface area contributed by atoms with Gasteiger partial charge in [-0.15, -0.1) is 0 Å². The Morgan fingerprint density at radius 3 is 1.68 bits per heavy atom. The maximum Gasteiger partial charge on any atom is 0.587 e. The number of imidazole rings is 2. The predicted molar refractivity (Wildman–Crippen MR) is 285 cm³/mol. The van der Waals surface area contributed by atoms with Crippen LogP contribution in [0, 0.1) is 40.9 Å². The SMILES string of the molecule is CCOC(=O)[C@@H](C)CCOP(=O)(Oc1ccc(Cl)cc1)Oc1c(F)c(F)c(F)c(F)c1F.CCOC(=O)[C@@H](C)CCOP1(=O)OCC(OCn2cnc3c(OCC)nc(N)nc32)CO1.CCOc1nc(N)nc2c1ncn2COC(CO)CO. The fraction of sp³-hybridized carbons (Fsp3) is 0.500. The summed E-state index contributed by atoms with van der Waals surface area (Å²) in [5, 5.41) is 18.2. The first-order chi connectivity index (χ1) is 40.0. The van der Waals surface area contributed by atoms with Crippen LogP contribution in [0.2, 0.25) is 5.02 Å². The number of aliphatic hydroxyl groups is 2. The normalized spacial score (nSPS) is 16.4. The highest BCUT2D eigenvalue weighted by molar-refractivity contribution is 7.49. The number of carbonyl (C=O) groups excluding carboxylic acids is 2. The van der Waals surface area contributed by atoms with Gasteiger partial charge < -0.3 is 59.1 Å². The maximum atomic E-state index is 14.0. The second-order valence-corrected chi connectivity index (χ2v) is 20.8. The summed E-state index contributed by atoms with van der Waals surface area (Å²) in [5.74, 6) is -15.1. The molecule has 0 aliphatic carbocycles. The molecule has 0 saturated carbocycles. The second kappa shape index (κ2) is 32.6. The standard InChI is InChI=1S/C19H17ClF5O6P.C18H28N5O8P.C11H17N5O4/c1-3-28-19(26)10(2)8-9-29-32(27,30-12-6-4-11(20)5-7-12)31-18-16(24)14(22)13(21)15(23)17(18)25;1-4-26-16-14-15(21-18(19)22-16)23(10-20-14)11-28-13-8-30-32(25,31-9-13)29-7-6-12(3)17(24)27-5-2;1-2-19-10-8-9(14-11(12)15-10)16(5-13-8)6-20-7(3-17)4-18/h4-7,10H,3,8-9H2,1-2H3;10,12-13H,4-9,11H2,1-3H3,(H2,19,21,22);5,7,17-18H,2-4,6H2,1H3,(H2,12,14,15)/t10-,32?;12-,13?,32?;/m00./s1. The molecule has 6 aromatic rings. The topological polar surface area (TPSA) is 359 Å². The van der Waals surface area contributed by atoms with Crippen molar-refractivity contribution in [1.82, 2.24) is 39.0 Å².